The molecule has 0 aromatic heterocycles. The molecule has 0 atom stereocenters. The summed E-state index contributed by atoms with van der Waals surface area (Å²) in [4.78, 5) is 20.8. The van der Waals surface area contributed by atoms with Gasteiger partial charge < -0.3 is 9.84 Å². The molecule has 68 valence electrons. The van der Waals surface area contributed by atoms with Crippen LogP contribution in [0.15, 0.2) is 12.2 Å². The molecule has 0 unspecified atom stereocenters. The van der Waals surface area contributed by atoms with Crippen LogP contribution in [0.1, 0.15) is 0 Å². The van der Waals surface area contributed by atoms with E-state index in [9.17, 15) is 9.59 Å². The first kappa shape index (κ1) is 11.0. The number of ether oxygens (including phenoxy) is 1. The van der Waals surface area contributed by atoms with Crippen molar-refractivity contribution >= 4 is 23.7 Å². The lowest BCUT2D eigenvalue weighted by atomic mass is 10.4. The third-order valence-corrected chi connectivity index (χ3v) is 2.02. The van der Waals surface area contributed by atoms with Gasteiger partial charge >= 0.3 is 11.9 Å². The molecule has 12 heavy (non-hydrogen) atoms. The normalized spacial score (nSPS) is 9.08. The van der Waals surface area contributed by atoms with Gasteiger partial charge in [0.15, 0.2) is 0 Å². The van der Waals surface area contributed by atoms with Gasteiger partial charge in [-0.25, -0.2) is 4.79 Å². The standard InChI is InChI=1S/C7H10O4S/c1-5(7(9)10)3-12-4-6(8)11-2/h1,3-4H2,2H3,(H,9,10). The molecule has 0 aliphatic heterocycles. The minimum atomic E-state index is -1.03. The largest absolute Gasteiger partial charge is 0.478 e. The lowest BCUT2D eigenvalue weighted by molar-refractivity contribution is -0.137. The Balaban J connectivity index is 3.50. The second kappa shape index (κ2) is 5.65. The smallest absolute Gasteiger partial charge is 0.331 e. The Labute approximate surface area is 74.6 Å². The molecule has 0 saturated heterocycles. The van der Waals surface area contributed by atoms with Crippen molar-refractivity contribution < 1.29 is 19.4 Å². The van der Waals surface area contributed by atoms with E-state index in [4.69, 9.17) is 5.11 Å². The molecule has 0 radical (unpaired) electrons. The molecule has 0 aromatic rings. The Morgan fingerprint density at radius 3 is 2.50 bits per heavy atom. The summed E-state index contributed by atoms with van der Waals surface area (Å²) in [7, 11) is 1.29. The highest BCUT2D eigenvalue weighted by atomic mass is 32.2. The molecule has 5 heteroatoms. The molecular weight excluding hydrogens is 180 g/mol. The highest BCUT2D eigenvalue weighted by Gasteiger charge is 2.05. The molecule has 0 fully saturated rings. The average molecular weight is 190 g/mol. The summed E-state index contributed by atoms with van der Waals surface area (Å²) in [6.07, 6.45) is 0. The molecule has 0 aliphatic rings. The number of hydrogen-bond acceptors (Lipinski definition) is 4. The van der Waals surface area contributed by atoms with E-state index in [0.29, 0.717) is 0 Å². The van der Waals surface area contributed by atoms with Crippen molar-refractivity contribution in [2.24, 2.45) is 0 Å². The van der Waals surface area contributed by atoms with Crippen LogP contribution in [0.4, 0.5) is 0 Å². The zero-order valence-electron chi connectivity index (χ0n) is 6.70. The van der Waals surface area contributed by atoms with E-state index >= 15 is 0 Å². The fourth-order valence-corrected chi connectivity index (χ4v) is 1.13. The number of carbonyl (C=O) groups is 2. The maximum absolute atomic E-state index is 10.5. The third kappa shape index (κ3) is 4.79. The highest BCUT2D eigenvalue weighted by Crippen LogP contribution is 2.06. The Kier molecular flexibility index (Phi) is 5.19. The molecule has 0 bridgehead atoms. The second-order valence-corrected chi connectivity index (χ2v) is 2.96. The third-order valence-electron chi connectivity index (χ3n) is 1.03. The van der Waals surface area contributed by atoms with Gasteiger partial charge in [0, 0.05) is 11.3 Å². The van der Waals surface area contributed by atoms with Gasteiger partial charge in [0.1, 0.15) is 0 Å². The quantitative estimate of drug-likeness (QED) is 0.506. The van der Waals surface area contributed by atoms with E-state index in [0.717, 1.165) is 0 Å². The van der Waals surface area contributed by atoms with Crippen LogP contribution in [0.5, 0.6) is 0 Å². The van der Waals surface area contributed by atoms with Gasteiger partial charge in [-0.15, -0.1) is 11.8 Å². The van der Waals surface area contributed by atoms with Crippen LogP contribution in [0.25, 0.3) is 0 Å². The van der Waals surface area contributed by atoms with E-state index in [1.54, 1.807) is 0 Å². The average Bonchev–Trinajstić information content (AvgIpc) is 2.03. The molecular formula is C7H10O4S. The van der Waals surface area contributed by atoms with Crippen molar-refractivity contribution in [1.82, 2.24) is 0 Å². The Hall–Kier alpha value is -0.970. The van der Waals surface area contributed by atoms with Crippen molar-refractivity contribution in [3.8, 4) is 0 Å². The SMILES string of the molecule is C=C(CSCC(=O)OC)C(=O)O. The summed E-state index contributed by atoms with van der Waals surface area (Å²) in [6, 6.07) is 0. The number of carboxylic acids is 1. The predicted octanol–water partition coefficient (Wildman–Crippen LogP) is 0.533. The first-order chi connectivity index (χ1) is 5.57. The monoisotopic (exact) mass is 190 g/mol. The molecule has 0 heterocycles. The van der Waals surface area contributed by atoms with E-state index in [1.165, 1.54) is 18.9 Å². The van der Waals surface area contributed by atoms with Crippen LogP contribution in [-0.2, 0) is 14.3 Å². The van der Waals surface area contributed by atoms with Crippen LogP contribution in [0, 0.1) is 0 Å². The molecule has 0 aromatic carbocycles. The summed E-state index contributed by atoms with van der Waals surface area (Å²) in [5.74, 6) is -1.00. The number of carbonyl (C=O) groups excluding carboxylic acids is 1. The van der Waals surface area contributed by atoms with Gasteiger partial charge in [-0.05, 0) is 0 Å². The van der Waals surface area contributed by atoms with Crippen molar-refractivity contribution in [3.63, 3.8) is 0 Å². The number of methoxy groups -OCH3 is 1. The summed E-state index contributed by atoms with van der Waals surface area (Å²) >= 11 is 1.17. The summed E-state index contributed by atoms with van der Waals surface area (Å²) in [5.41, 5.74) is 0.0869. The number of esters is 1. The molecule has 0 spiro atoms. The van der Waals surface area contributed by atoms with E-state index in [-0.39, 0.29) is 23.0 Å². The molecule has 1 N–H and O–H groups in total. The fourth-order valence-electron chi connectivity index (χ4n) is 0.378. The van der Waals surface area contributed by atoms with Crippen LogP contribution >= 0.6 is 11.8 Å². The molecule has 0 saturated carbocycles. The van der Waals surface area contributed by atoms with Gasteiger partial charge in [0.05, 0.1) is 12.9 Å². The van der Waals surface area contributed by atoms with Crippen molar-refractivity contribution in [2.75, 3.05) is 18.6 Å². The van der Waals surface area contributed by atoms with Gasteiger partial charge in [0.25, 0.3) is 0 Å². The van der Waals surface area contributed by atoms with E-state index in [2.05, 4.69) is 11.3 Å². The number of aliphatic carboxylic acids is 1. The number of rotatable bonds is 5. The summed E-state index contributed by atoms with van der Waals surface area (Å²) < 4.78 is 4.36. The zero-order chi connectivity index (χ0) is 9.56. The van der Waals surface area contributed by atoms with Crippen LogP contribution < -0.4 is 0 Å². The zero-order valence-corrected chi connectivity index (χ0v) is 7.52. The Morgan fingerprint density at radius 2 is 2.08 bits per heavy atom. The van der Waals surface area contributed by atoms with Crippen LogP contribution in [0.2, 0.25) is 0 Å². The van der Waals surface area contributed by atoms with Crippen molar-refractivity contribution in [3.05, 3.63) is 12.2 Å². The van der Waals surface area contributed by atoms with Crippen LogP contribution in [0.3, 0.4) is 0 Å². The van der Waals surface area contributed by atoms with Gasteiger partial charge in [-0.3, -0.25) is 4.79 Å². The van der Waals surface area contributed by atoms with Gasteiger partial charge in [-0.2, -0.15) is 0 Å². The first-order valence-electron chi connectivity index (χ1n) is 3.13. The van der Waals surface area contributed by atoms with E-state index < -0.39 is 5.97 Å². The summed E-state index contributed by atoms with van der Waals surface area (Å²) in [6.45, 7) is 3.30. The predicted molar refractivity (Wildman–Crippen MR) is 46.1 cm³/mol. The maximum atomic E-state index is 10.5. The molecule has 0 rings (SSSR count). The summed E-state index contributed by atoms with van der Waals surface area (Å²) in [5, 5.41) is 8.38. The van der Waals surface area contributed by atoms with Crippen LogP contribution in [-0.4, -0.2) is 35.7 Å². The molecule has 0 amide bonds. The number of thioether (sulfide) groups is 1. The Morgan fingerprint density at radius 1 is 1.50 bits per heavy atom. The minimum Gasteiger partial charge on any atom is -0.478 e. The second-order valence-electron chi connectivity index (χ2n) is 1.98. The number of hydrogen-bond donors (Lipinski definition) is 1. The van der Waals surface area contributed by atoms with Crippen molar-refractivity contribution in [2.45, 2.75) is 0 Å². The minimum absolute atomic E-state index is 0.0869. The fraction of sp³-hybridized carbons (Fsp3) is 0.429. The molecule has 4 nitrogen and oxygen atoms in total. The lowest BCUT2D eigenvalue weighted by Crippen LogP contribution is -2.06. The van der Waals surface area contributed by atoms with E-state index in [1.807, 2.05) is 0 Å². The van der Waals surface area contributed by atoms with Crippen molar-refractivity contribution in [1.29, 1.82) is 0 Å². The van der Waals surface area contributed by atoms with Gasteiger partial charge in [-0.1, -0.05) is 6.58 Å². The highest BCUT2D eigenvalue weighted by molar-refractivity contribution is 8.00. The topological polar surface area (TPSA) is 63.6 Å². The maximum Gasteiger partial charge on any atom is 0.331 e. The van der Waals surface area contributed by atoms with Gasteiger partial charge in [0.2, 0.25) is 0 Å². The Bertz CT molecular complexity index is 200. The number of carboxylic acid groups (broad SMARTS) is 1. The lowest BCUT2D eigenvalue weighted by Gasteiger charge is -1.99. The molecule has 0 aliphatic carbocycles. The first-order valence-corrected chi connectivity index (χ1v) is 4.29.